The van der Waals surface area contributed by atoms with Gasteiger partial charge in [-0.25, -0.2) is 0 Å². The van der Waals surface area contributed by atoms with E-state index in [0.29, 0.717) is 18.4 Å². The quantitative estimate of drug-likeness (QED) is 0.582. The van der Waals surface area contributed by atoms with Crippen molar-refractivity contribution in [1.82, 2.24) is 0 Å². The second-order valence-electron chi connectivity index (χ2n) is 3.15. The lowest BCUT2D eigenvalue weighted by atomic mass is 10.0. The molecule has 1 heterocycles. The van der Waals surface area contributed by atoms with Gasteiger partial charge in [0.05, 0.1) is 12.7 Å². The zero-order valence-electron chi connectivity index (χ0n) is 6.59. The fourth-order valence-corrected chi connectivity index (χ4v) is 1.45. The Kier molecular flexibility index (Phi) is 2.44. The molecule has 0 aromatic rings. The molecule has 0 spiro atoms. The predicted octanol–water partition coefficient (Wildman–Crippen LogP) is 1.39. The van der Waals surface area contributed by atoms with Gasteiger partial charge in [-0.1, -0.05) is 0 Å². The molecule has 0 bridgehead atoms. The van der Waals surface area contributed by atoms with Crippen LogP contribution in [0.25, 0.3) is 0 Å². The summed E-state index contributed by atoms with van der Waals surface area (Å²) < 4.78 is 5.31. The third-order valence-corrected chi connectivity index (χ3v) is 1.86. The Labute approximate surface area is 61.6 Å². The van der Waals surface area contributed by atoms with Crippen LogP contribution < -0.4 is 0 Å². The van der Waals surface area contributed by atoms with E-state index in [-0.39, 0.29) is 5.78 Å². The van der Waals surface area contributed by atoms with E-state index in [2.05, 4.69) is 6.92 Å². The number of ether oxygens (including phenoxy) is 1. The first-order valence-corrected chi connectivity index (χ1v) is 3.79. The Balaban J connectivity index is 2.24. The van der Waals surface area contributed by atoms with Crippen LogP contribution in [0.5, 0.6) is 0 Å². The van der Waals surface area contributed by atoms with Crippen LogP contribution in [0.3, 0.4) is 0 Å². The summed E-state index contributed by atoms with van der Waals surface area (Å²) >= 11 is 0. The van der Waals surface area contributed by atoms with E-state index < -0.39 is 0 Å². The molecule has 0 amide bonds. The summed E-state index contributed by atoms with van der Waals surface area (Å²) in [5, 5.41) is 0. The van der Waals surface area contributed by atoms with Gasteiger partial charge in [0.25, 0.3) is 0 Å². The van der Waals surface area contributed by atoms with Crippen molar-refractivity contribution in [2.45, 2.75) is 32.8 Å². The molecule has 10 heavy (non-hydrogen) atoms. The van der Waals surface area contributed by atoms with Gasteiger partial charge >= 0.3 is 0 Å². The number of Topliss-reactive ketones (excluding diaryl/α,β-unsaturated/α-hetero) is 1. The lowest BCUT2D eigenvalue weighted by Gasteiger charge is -2.01. The van der Waals surface area contributed by atoms with Crippen LogP contribution in [0.15, 0.2) is 0 Å². The highest BCUT2D eigenvalue weighted by Gasteiger charge is 2.22. The number of ketones is 1. The van der Waals surface area contributed by atoms with Crippen molar-refractivity contribution < 1.29 is 9.53 Å². The molecule has 0 aromatic carbocycles. The van der Waals surface area contributed by atoms with Gasteiger partial charge in [-0.15, -0.1) is 0 Å². The number of hydrogen-bond donors (Lipinski definition) is 0. The smallest absolute Gasteiger partial charge is 0.130 e. The van der Waals surface area contributed by atoms with E-state index in [9.17, 15) is 4.79 Å². The van der Waals surface area contributed by atoms with Gasteiger partial charge in [0.15, 0.2) is 0 Å². The summed E-state index contributed by atoms with van der Waals surface area (Å²) in [4.78, 5) is 10.7. The highest BCUT2D eigenvalue weighted by molar-refractivity contribution is 5.75. The minimum Gasteiger partial charge on any atom is -0.378 e. The van der Waals surface area contributed by atoms with Crippen LogP contribution in [-0.2, 0) is 9.53 Å². The van der Waals surface area contributed by atoms with E-state index in [1.54, 1.807) is 6.92 Å². The molecule has 1 rings (SSSR count). The lowest BCUT2D eigenvalue weighted by molar-refractivity contribution is -0.117. The topological polar surface area (TPSA) is 26.3 Å². The van der Waals surface area contributed by atoms with Gasteiger partial charge in [0.2, 0.25) is 0 Å². The fraction of sp³-hybridized carbons (Fsp3) is 0.875. The van der Waals surface area contributed by atoms with Crippen LogP contribution in [0, 0.1) is 5.92 Å². The second-order valence-corrected chi connectivity index (χ2v) is 3.15. The van der Waals surface area contributed by atoms with E-state index in [1.807, 2.05) is 0 Å². The van der Waals surface area contributed by atoms with E-state index in [4.69, 9.17) is 4.74 Å². The predicted molar refractivity (Wildman–Crippen MR) is 38.8 cm³/mol. The second kappa shape index (κ2) is 3.15. The number of carbonyl (C=O) groups excluding carboxylic acids is 1. The molecule has 1 aliphatic heterocycles. The molecule has 1 aliphatic rings. The van der Waals surface area contributed by atoms with Crippen LogP contribution >= 0.6 is 0 Å². The van der Waals surface area contributed by atoms with Crippen LogP contribution in [0.4, 0.5) is 0 Å². The average Bonchev–Trinajstić information content (AvgIpc) is 2.13. The molecular formula is C8H14O2. The van der Waals surface area contributed by atoms with Crippen molar-refractivity contribution in [3.63, 3.8) is 0 Å². The first kappa shape index (κ1) is 7.73. The maximum atomic E-state index is 10.7. The van der Waals surface area contributed by atoms with Crippen molar-refractivity contribution in [2.24, 2.45) is 5.92 Å². The standard InChI is InChI=1S/C8H14O2/c1-6(9)3-8-4-7(2)10-5-8/h7-8H,3-5H2,1-2H3/t7-,8-/m1/s1. The fourth-order valence-electron chi connectivity index (χ4n) is 1.45. The zero-order valence-corrected chi connectivity index (χ0v) is 6.59. The Bertz CT molecular complexity index is 131. The lowest BCUT2D eigenvalue weighted by Crippen LogP contribution is -2.04. The summed E-state index contributed by atoms with van der Waals surface area (Å²) in [5.74, 6) is 0.773. The van der Waals surface area contributed by atoms with Gasteiger partial charge in [-0.2, -0.15) is 0 Å². The van der Waals surface area contributed by atoms with Crippen molar-refractivity contribution in [3.05, 3.63) is 0 Å². The van der Waals surface area contributed by atoms with E-state index in [0.717, 1.165) is 13.0 Å². The zero-order chi connectivity index (χ0) is 7.56. The van der Waals surface area contributed by atoms with Gasteiger partial charge in [-0.05, 0) is 26.2 Å². The SMILES string of the molecule is CC(=O)C[C@H]1CO[C@H](C)C1. The van der Waals surface area contributed by atoms with Gasteiger partial charge < -0.3 is 9.53 Å². The number of rotatable bonds is 2. The van der Waals surface area contributed by atoms with Crippen LogP contribution in [0.1, 0.15) is 26.7 Å². The molecule has 2 atom stereocenters. The van der Waals surface area contributed by atoms with E-state index >= 15 is 0 Å². The highest BCUT2D eigenvalue weighted by Crippen LogP contribution is 2.21. The van der Waals surface area contributed by atoms with Crippen LogP contribution in [0.2, 0.25) is 0 Å². The molecule has 2 nitrogen and oxygen atoms in total. The Morgan fingerprint density at radius 2 is 2.40 bits per heavy atom. The summed E-state index contributed by atoms with van der Waals surface area (Å²) in [6, 6.07) is 0. The summed E-state index contributed by atoms with van der Waals surface area (Å²) in [6.45, 7) is 4.48. The minimum absolute atomic E-state index is 0.280. The van der Waals surface area contributed by atoms with Crippen molar-refractivity contribution in [2.75, 3.05) is 6.61 Å². The average molecular weight is 142 g/mol. The maximum absolute atomic E-state index is 10.7. The molecule has 0 unspecified atom stereocenters. The normalized spacial score (nSPS) is 32.6. The Hall–Kier alpha value is -0.370. The first-order chi connectivity index (χ1) is 4.68. The summed E-state index contributed by atoms with van der Waals surface area (Å²) in [5.41, 5.74) is 0. The number of hydrogen-bond acceptors (Lipinski definition) is 2. The summed E-state index contributed by atoms with van der Waals surface area (Å²) in [6.07, 6.45) is 2.12. The van der Waals surface area contributed by atoms with Crippen LogP contribution in [-0.4, -0.2) is 18.5 Å². The van der Waals surface area contributed by atoms with Crippen molar-refractivity contribution in [1.29, 1.82) is 0 Å². The van der Waals surface area contributed by atoms with E-state index in [1.165, 1.54) is 0 Å². The van der Waals surface area contributed by atoms with Gasteiger partial charge in [0, 0.05) is 6.42 Å². The molecule has 0 N–H and O–H groups in total. The number of carbonyl (C=O) groups is 1. The molecule has 1 fully saturated rings. The highest BCUT2D eigenvalue weighted by atomic mass is 16.5. The molecule has 2 heteroatoms. The molecule has 0 radical (unpaired) electrons. The molecule has 58 valence electrons. The molecule has 1 saturated heterocycles. The van der Waals surface area contributed by atoms with Gasteiger partial charge in [-0.3, -0.25) is 0 Å². The van der Waals surface area contributed by atoms with Gasteiger partial charge in [0.1, 0.15) is 5.78 Å². The van der Waals surface area contributed by atoms with Crippen molar-refractivity contribution >= 4 is 5.78 Å². The molecule has 0 aliphatic carbocycles. The first-order valence-electron chi connectivity index (χ1n) is 3.79. The molecule has 0 aromatic heterocycles. The molecular weight excluding hydrogens is 128 g/mol. The Morgan fingerprint density at radius 1 is 1.70 bits per heavy atom. The molecule has 0 saturated carbocycles. The third-order valence-electron chi connectivity index (χ3n) is 1.86. The van der Waals surface area contributed by atoms with Crippen molar-refractivity contribution in [3.8, 4) is 0 Å². The monoisotopic (exact) mass is 142 g/mol. The maximum Gasteiger partial charge on any atom is 0.130 e. The minimum atomic E-state index is 0.280. The summed E-state index contributed by atoms with van der Waals surface area (Å²) in [7, 11) is 0. The largest absolute Gasteiger partial charge is 0.378 e. The third kappa shape index (κ3) is 2.10. The Morgan fingerprint density at radius 3 is 2.80 bits per heavy atom.